The molecule has 0 amide bonds. The molecule has 0 aliphatic carbocycles. The van der Waals surface area contributed by atoms with Gasteiger partial charge in [0.05, 0.1) is 0 Å². The van der Waals surface area contributed by atoms with Crippen molar-refractivity contribution in [1.82, 2.24) is 4.90 Å². The Hall–Kier alpha value is -1.95. The van der Waals surface area contributed by atoms with E-state index in [1.165, 1.54) is 12.8 Å². The Kier molecular flexibility index (Phi) is 9.58. The molecule has 1 N–H and O–H groups in total. The summed E-state index contributed by atoms with van der Waals surface area (Å²) in [5.41, 5.74) is 0. The number of piperidine rings is 1. The maximum atomic E-state index is 10.7. The van der Waals surface area contributed by atoms with Crippen LogP contribution in [-0.4, -0.2) is 41.7 Å². The highest BCUT2D eigenvalue weighted by Crippen LogP contribution is 2.26. The molecule has 1 aliphatic heterocycles. The first-order chi connectivity index (χ1) is 13.6. The van der Waals surface area contributed by atoms with Crippen molar-refractivity contribution in [1.29, 1.82) is 0 Å². The van der Waals surface area contributed by atoms with Gasteiger partial charge in [-0.05, 0) is 80.9 Å². The molecule has 29 heavy (non-hydrogen) atoms. The molecule has 1 heterocycles. The lowest BCUT2D eigenvalue weighted by molar-refractivity contribution is -0.137. The van der Waals surface area contributed by atoms with E-state index < -0.39 is 5.97 Å². The number of aliphatic carboxylic acids is 1. The van der Waals surface area contributed by atoms with Crippen LogP contribution in [0.15, 0.2) is 48.5 Å². The molecule has 0 aromatic heterocycles. The van der Waals surface area contributed by atoms with Crippen LogP contribution in [-0.2, 0) is 4.79 Å². The first-order valence-electron chi connectivity index (χ1n) is 9.72. The van der Waals surface area contributed by atoms with Crippen LogP contribution < -0.4 is 9.47 Å². The van der Waals surface area contributed by atoms with E-state index in [2.05, 4.69) is 4.90 Å². The van der Waals surface area contributed by atoms with Crippen molar-refractivity contribution >= 4 is 30.0 Å². The molecule has 1 saturated heterocycles. The van der Waals surface area contributed by atoms with Gasteiger partial charge in [0.25, 0.3) is 0 Å². The lowest BCUT2D eigenvalue weighted by Crippen LogP contribution is -2.43. The van der Waals surface area contributed by atoms with Crippen molar-refractivity contribution in [2.24, 2.45) is 0 Å². The van der Waals surface area contributed by atoms with Crippen molar-refractivity contribution < 1.29 is 19.4 Å². The Balaban J connectivity index is 0.00000300. The molecule has 158 valence electrons. The smallest absolute Gasteiger partial charge is 0.303 e. The van der Waals surface area contributed by atoms with E-state index >= 15 is 0 Å². The number of likely N-dealkylation sites (tertiary alicyclic amines) is 1. The van der Waals surface area contributed by atoms with Gasteiger partial charge in [-0.3, -0.25) is 9.69 Å². The third-order valence-corrected chi connectivity index (χ3v) is 5.15. The molecule has 1 atom stereocenters. The summed E-state index contributed by atoms with van der Waals surface area (Å²) in [5, 5.41) is 9.51. The molecule has 0 radical (unpaired) electrons. The van der Waals surface area contributed by atoms with Crippen LogP contribution in [0.25, 0.3) is 0 Å². The number of hydrogen-bond acceptors (Lipinski definition) is 4. The van der Waals surface area contributed by atoms with E-state index in [-0.39, 0.29) is 18.8 Å². The first kappa shape index (κ1) is 23.3. The Labute approximate surface area is 183 Å². The quantitative estimate of drug-likeness (QED) is 0.546. The topological polar surface area (TPSA) is 59.0 Å². The van der Waals surface area contributed by atoms with Gasteiger partial charge in [-0.2, -0.15) is 0 Å². The fourth-order valence-electron chi connectivity index (χ4n) is 3.41. The zero-order valence-corrected chi connectivity index (χ0v) is 17.8. The molecule has 0 bridgehead atoms. The predicted molar refractivity (Wildman–Crippen MR) is 117 cm³/mol. The molecule has 3 rings (SSSR count). The van der Waals surface area contributed by atoms with Gasteiger partial charge in [-0.15, -0.1) is 12.4 Å². The molecule has 5 nitrogen and oxygen atoms in total. The van der Waals surface area contributed by atoms with Gasteiger partial charge in [-0.25, -0.2) is 0 Å². The van der Waals surface area contributed by atoms with E-state index in [1.807, 2.05) is 36.4 Å². The standard InChI is InChI=1S/C22H26ClNO4.ClH/c23-17-6-8-20(9-7-17)28-21-12-10-19(11-13-21)27-16-18-4-1-2-14-24(18)15-3-5-22(25)26;/h6-13,18H,1-5,14-16H2,(H,25,26);1H/t18-;/m1./s1. The van der Waals surface area contributed by atoms with E-state index in [0.29, 0.717) is 24.1 Å². The summed E-state index contributed by atoms with van der Waals surface area (Å²) in [5.74, 6) is 1.55. The highest BCUT2D eigenvalue weighted by Gasteiger charge is 2.22. The maximum Gasteiger partial charge on any atom is 0.303 e. The van der Waals surface area contributed by atoms with Crippen LogP contribution in [0.5, 0.6) is 17.2 Å². The number of carboxylic acids is 1. The Bertz CT molecular complexity index is 752. The van der Waals surface area contributed by atoms with Gasteiger partial charge < -0.3 is 14.6 Å². The lowest BCUT2D eigenvalue weighted by atomic mass is 10.0. The van der Waals surface area contributed by atoms with E-state index in [9.17, 15) is 4.79 Å². The second-order valence-corrected chi connectivity index (χ2v) is 7.46. The van der Waals surface area contributed by atoms with Crippen LogP contribution in [0.2, 0.25) is 5.02 Å². The summed E-state index contributed by atoms with van der Waals surface area (Å²) in [6.45, 7) is 2.44. The number of hydrogen-bond donors (Lipinski definition) is 1. The first-order valence-corrected chi connectivity index (χ1v) is 10.1. The second kappa shape index (κ2) is 11.9. The number of carboxylic acid groups (broad SMARTS) is 1. The van der Waals surface area contributed by atoms with Gasteiger partial charge in [0.1, 0.15) is 23.9 Å². The molecular formula is C22H27Cl2NO4. The summed E-state index contributed by atoms with van der Waals surface area (Å²) < 4.78 is 11.8. The van der Waals surface area contributed by atoms with Gasteiger partial charge in [-0.1, -0.05) is 18.0 Å². The summed E-state index contributed by atoms with van der Waals surface area (Å²) >= 11 is 5.88. The predicted octanol–water partition coefficient (Wildman–Crippen LogP) is 5.65. The Morgan fingerprint density at radius 1 is 1.03 bits per heavy atom. The van der Waals surface area contributed by atoms with Gasteiger partial charge in [0, 0.05) is 17.5 Å². The highest BCUT2D eigenvalue weighted by atomic mass is 35.5. The fourth-order valence-corrected chi connectivity index (χ4v) is 3.54. The minimum absolute atomic E-state index is 0. The Morgan fingerprint density at radius 2 is 1.66 bits per heavy atom. The van der Waals surface area contributed by atoms with Gasteiger partial charge in [0.15, 0.2) is 0 Å². The van der Waals surface area contributed by atoms with Crippen molar-refractivity contribution in [2.75, 3.05) is 19.7 Å². The zero-order chi connectivity index (χ0) is 19.8. The van der Waals surface area contributed by atoms with Crippen molar-refractivity contribution in [2.45, 2.75) is 38.1 Å². The SMILES string of the molecule is Cl.O=C(O)CCCN1CCCC[C@@H]1COc1ccc(Oc2ccc(Cl)cc2)cc1. The molecule has 1 fully saturated rings. The third kappa shape index (κ3) is 7.77. The largest absolute Gasteiger partial charge is 0.492 e. The average Bonchev–Trinajstić information content (AvgIpc) is 2.70. The van der Waals surface area contributed by atoms with Crippen molar-refractivity contribution in [3.63, 3.8) is 0 Å². The monoisotopic (exact) mass is 439 g/mol. The number of halogens is 2. The molecule has 2 aromatic rings. The van der Waals surface area contributed by atoms with Crippen LogP contribution in [0.3, 0.4) is 0 Å². The normalized spacial score (nSPS) is 16.7. The molecule has 0 spiro atoms. The van der Waals surface area contributed by atoms with E-state index in [0.717, 1.165) is 36.8 Å². The number of rotatable bonds is 9. The average molecular weight is 440 g/mol. The minimum Gasteiger partial charge on any atom is -0.492 e. The number of benzene rings is 2. The Morgan fingerprint density at radius 3 is 2.31 bits per heavy atom. The van der Waals surface area contributed by atoms with Crippen LogP contribution in [0, 0.1) is 0 Å². The van der Waals surface area contributed by atoms with E-state index in [4.69, 9.17) is 26.2 Å². The number of ether oxygens (including phenoxy) is 2. The molecular weight excluding hydrogens is 413 g/mol. The molecule has 2 aromatic carbocycles. The van der Waals surface area contributed by atoms with Gasteiger partial charge in [0.2, 0.25) is 0 Å². The maximum absolute atomic E-state index is 10.7. The molecule has 0 saturated carbocycles. The second-order valence-electron chi connectivity index (χ2n) is 7.02. The third-order valence-electron chi connectivity index (χ3n) is 4.90. The van der Waals surface area contributed by atoms with Crippen molar-refractivity contribution in [3.8, 4) is 17.2 Å². The molecule has 1 aliphatic rings. The van der Waals surface area contributed by atoms with E-state index in [1.54, 1.807) is 12.1 Å². The highest BCUT2D eigenvalue weighted by molar-refractivity contribution is 6.30. The zero-order valence-electron chi connectivity index (χ0n) is 16.3. The van der Waals surface area contributed by atoms with Crippen molar-refractivity contribution in [3.05, 3.63) is 53.6 Å². The summed E-state index contributed by atoms with van der Waals surface area (Å²) in [7, 11) is 0. The van der Waals surface area contributed by atoms with Gasteiger partial charge >= 0.3 is 5.97 Å². The summed E-state index contributed by atoms with van der Waals surface area (Å²) in [4.78, 5) is 13.1. The number of nitrogens with zero attached hydrogens (tertiary/aromatic N) is 1. The fraction of sp³-hybridized carbons (Fsp3) is 0.409. The van der Waals surface area contributed by atoms with Crippen LogP contribution in [0.1, 0.15) is 32.1 Å². The van der Waals surface area contributed by atoms with Crippen LogP contribution >= 0.6 is 24.0 Å². The lowest BCUT2D eigenvalue weighted by Gasteiger charge is -2.35. The van der Waals surface area contributed by atoms with Crippen LogP contribution in [0.4, 0.5) is 0 Å². The molecule has 7 heteroatoms. The minimum atomic E-state index is -0.731. The summed E-state index contributed by atoms with van der Waals surface area (Å²) in [6.07, 6.45) is 4.35. The molecule has 0 unspecified atom stereocenters. The summed E-state index contributed by atoms with van der Waals surface area (Å²) in [6, 6.07) is 15.2. The number of carbonyl (C=O) groups is 1.